The molecule has 0 aromatic heterocycles. The van der Waals surface area contributed by atoms with Gasteiger partial charge in [-0.25, -0.2) is 0 Å². The second kappa shape index (κ2) is 6.58. The number of hydrogen-bond donors (Lipinski definition) is 0. The van der Waals surface area contributed by atoms with Crippen molar-refractivity contribution in [2.24, 2.45) is 0 Å². The van der Waals surface area contributed by atoms with Crippen molar-refractivity contribution in [3.8, 4) is 0 Å². The highest BCUT2D eigenvalue weighted by Crippen LogP contribution is 2.62. The first-order valence-corrected chi connectivity index (χ1v) is 6.49. The van der Waals surface area contributed by atoms with Crippen LogP contribution in [-0.2, 0) is 0 Å². The van der Waals surface area contributed by atoms with E-state index in [0.717, 1.165) is 12.2 Å². The lowest BCUT2D eigenvalue weighted by Crippen LogP contribution is -2.49. The Hall–Kier alpha value is -1.72. The van der Waals surface area contributed by atoms with Gasteiger partial charge in [0.2, 0.25) is 0 Å². The minimum atomic E-state index is -5.55. The summed E-state index contributed by atoms with van der Waals surface area (Å²) in [6, 6.07) is 0. The van der Waals surface area contributed by atoms with E-state index in [1.54, 1.807) is 0 Å². The molecule has 1 rings (SSSR count). The van der Waals surface area contributed by atoms with Gasteiger partial charge in [0.05, 0.1) is 0 Å². The molecule has 6 heteroatoms. The van der Waals surface area contributed by atoms with Crippen LogP contribution >= 0.6 is 0 Å². The fraction of sp³-hybridized carbons (Fsp3) is 0.375. The summed E-state index contributed by atoms with van der Waals surface area (Å²) in [4.78, 5) is 0. The summed E-state index contributed by atoms with van der Waals surface area (Å²) in [5, 5.41) is 0. The Balaban J connectivity index is 0.00000211. The molecule has 0 bridgehead atoms. The topological polar surface area (TPSA) is 0 Å². The maximum Gasteiger partial charge on any atom is 0.380 e. The van der Waals surface area contributed by atoms with Gasteiger partial charge >= 0.3 is 17.8 Å². The second-order valence-electron chi connectivity index (χ2n) is 4.23. The smallest absolute Gasteiger partial charge is 0.194 e. The molecule has 1 aliphatic carbocycles. The molecule has 124 valence electrons. The highest BCUT2D eigenvalue weighted by molar-refractivity contribution is 5.62. The van der Waals surface area contributed by atoms with Crippen LogP contribution in [-0.4, -0.2) is 17.8 Å². The zero-order valence-corrected chi connectivity index (χ0v) is 12.6. The average Bonchev–Trinajstić information content (AvgIpc) is 2.55. The number of allylic oxidation sites excluding steroid dienone is 7. The molecule has 0 aromatic carbocycles. The molecule has 0 spiro atoms. The first-order chi connectivity index (χ1) is 9.96. The standard InChI is InChI=1S/C14H12F6.C2H6/c1-5-7-9(4)11-10(8(3)6-2)12(15,16)14(19,20)13(11,17)18;1-2/h5-7H,2-4H2,1H3;1-2H3/b7-5+;. The fourth-order valence-electron chi connectivity index (χ4n) is 1.94. The van der Waals surface area contributed by atoms with Crippen molar-refractivity contribution in [1.82, 2.24) is 0 Å². The van der Waals surface area contributed by atoms with E-state index in [4.69, 9.17) is 0 Å². The van der Waals surface area contributed by atoms with Crippen LogP contribution in [0.2, 0.25) is 0 Å². The normalized spacial score (nSPS) is 21.3. The third-order valence-corrected chi connectivity index (χ3v) is 2.92. The third kappa shape index (κ3) is 2.66. The third-order valence-electron chi connectivity index (χ3n) is 2.92. The van der Waals surface area contributed by atoms with Gasteiger partial charge in [0.15, 0.2) is 0 Å². The molecule has 22 heavy (non-hydrogen) atoms. The zero-order chi connectivity index (χ0) is 17.9. The Kier molecular flexibility index (Phi) is 6.07. The summed E-state index contributed by atoms with van der Waals surface area (Å²) in [6.45, 7) is 14.8. The van der Waals surface area contributed by atoms with E-state index >= 15 is 0 Å². The van der Waals surface area contributed by atoms with Crippen LogP contribution < -0.4 is 0 Å². The zero-order valence-electron chi connectivity index (χ0n) is 12.6. The minimum Gasteiger partial charge on any atom is -0.194 e. The molecular formula is C16H18F6. The van der Waals surface area contributed by atoms with Crippen molar-refractivity contribution >= 4 is 0 Å². The first-order valence-electron chi connectivity index (χ1n) is 6.49. The van der Waals surface area contributed by atoms with Crippen molar-refractivity contribution in [1.29, 1.82) is 0 Å². The summed E-state index contributed by atoms with van der Waals surface area (Å²) in [6.07, 6.45) is 2.91. The highest BCUT2D eigenvalue weighted by atomic mass is 19.3. The van der Waals surface area contributed by atoms with E-state index in [0.29, 0.717) is 0 Å². The number of alkyl halides is 6. The molecule has 0 aliphatic heterocycles. The molecule has 0 fully saturated rings. The van der Waals surface area contributed by atoms with Gasteiger partial charge in [-0.15, -0.1) is 0 Å². The monoisotopic (exact) mass is 324 g/mol. The minimum absolute atomic E-state index is 0.618. The van der Waals surface area contributed by atoms with Crippen molar-refractivity contribution in [3.05, 3.63) is 60.3 Å². The molecule has 0 radical (unpaired) electrons. The predicted octanol–water partition coefficient (Wildman–Crippen LogP) is 6.10. The van der Waals surface area contributed by atoms with Crippen LogP contribution in [0.3, 0.4) is 0 Å². The van der Waals surface area contributed by atoms with Crippen molar-refractivity contribution < 1.29 is 26.3 Å². The molecule has 0 amide bonds. The van der Waals surface area contributed by atoms with Crippen molar-refractivity contribution in [2.75, 3.05) is 0 Å². The van der Waals surface area contributed by atoms with Crippen molar-refractivity contribution in [3.63, 3.8) is 0 Å². The molecule has 1 aliphatic rings. The quantitative estimate of drug-likeness (QED) is 0.433. The van der Waals surface area contributed by atoms with Crippen LogP contribution in [0.5, 0.6) is 0 Å². The summed E-state index contributed by atoms with van der Waals surface area (Å²) in [7, 11) is 0. The molecule has 0 saturated heterocycles. The average molecular weight is 324 g/mol. The maximum atomic E-state index is 13.7. The maximum absolute atomic E-state index is 13.7. The Morgan fingerprint density at radius 2 is 1.23 bits per heavy atom. The number of hydrogen-bond acceptors (Lipinski definition) is 0. The van der Waals surface area contributed by atoms with Crippen molar-refractivity contribution in [2.45, 2.75) is 38.5 Å². The molecule has 0 aromatic rings. The summed E-state index contributed by atoms with van der Waals surface area (Å²) >= 11 is 0. The van der Waals surface area contributed by atoms with Gasteiger partial charge in [0.1, 0.15) is 0 Å². The Morgan fingerprint density at radius 1 is 0.864 bits per heavy atom. The largest absolute Gasteiger partial charge is 0.380 e. The van der Waals surface area contributed by atoms with Gasteiger partial charge in [0.25, 0.3) is 0 Å². The molecule has 0 nitrogen and oxygen atoms in total. The lowest BCUT2D eigenvalue weighted by atomic mass is 9.96. The summed E-state index contributed by atoms with van der Waals surface area (Å²) in [5.41, 5.74) is -4.33. The van der Waals surface area contributed by atoms with E-state index < -0.39 is 40.1 Å². The molecule has 0 N–H and O–H groups in total. The number of rotatable bonds is 4. The molecular weight excluding hydrogens is 306 g/mol. The van der Waals surface area contributed by atoms with E-state index in [-0.39, 0.29) is 0 Å². The fourth-order valence-corrected chi connectivity index (χ4v) is 1.94. The summed E-state index contributed by atoms with van der Waals surface area (Å²) in [5.74, 6) is -15.7. The predicted molar refractivity (Wildman–Crippen MR) is 76.5 cm³/mol. The van der Waals surface area contributed by atoms with E-state index in [1.165, 1.54) is 13.0 Å². The van der Waals surface area contributed by atoms with Gasteiger partial charge in [-0.05, 0) is 18.1 Å². The molecule has 0 saturated carbocycles. The van der Waals surface area contributed by atoms with Crippen LogP contribution in [0, 0.1) is 0 Å². The summed E-state index contributed by atoms with van der Waals surface area (Å²) < 4.78 is 81.7. The van der Waals surface area contributed by atoms with Crippen LogP contribution in [0.25, 0.3) is 0 Å². The van der Waals surface area contributed by atoms with E-state index in [2.05, 4.69) is 19.7 Å². The van der Waals surface area contributed by atoms with Gasteiger partial charge in [-0.3, -0.25) is 0 Å². The van der Waals surface area contributed by atoms with Crippen LogP contribution in [0.15, 0.2) is 60.3 Å². The second-order valence-corrected chi connectivity index (χ2v) is 4.23. The Morgan fingerprint density at radius 3 is 1.55 bits per heavy atom. The van der Waals surface area contributed by atoms with Gasteiger partial charge in [-0.2, -0.15) is 26.3 Å². The van der Waals surface area contributed by atoms with Crippen LogP contribution in [0.1, 0.15) is 20.8 Å². The molecule has 0 atom stereocenters. The SMILES string of the molecule is C=CC(=C)C1=C(C(=C)/C=C/C)C(F)(F)C(F)(F)C1(F)F.CC. The highest BCUT2D eigenvalue weighted by Gasteiger charge is 2.80. The van der Waals surface area contributed by atoms with Gasteiger partial charge < -0.3 is 0 Å². The Labute approximate surface area is 126 Å². The van der Waals surface area contributed by atoms with E-state index in [9.17, 15) is 26.3 Å². The molecule has 0 unspecified atom stereocenters. The van der Waals surface area contributed by atoms with E-state index in [1.807, 2.05) is 13.8 Å². The van der Waals surface area contributed by atoms with Gasteiger partial charge in [-0.1, -0.05) is 51.8 Å². The first kappa shape index (κ1) is 20.3. The van der Waals surface area contributed by atoms with Crippen LogP contribution in [0.4, 0.5) is 26.3 Å². The lowest BCUT2D eigenvalue weighted by molar-refractivity contribution is -0.263. The lowest BCUT2D eigenvalue weighted by Gasteiger charge is -2.25. The van der Waals surface area contributed by atoms with Gasteiger partial charge in [0, 0.05) is 11.1 Å². The molecule has 0 heterocycles. The number of halogens is 6. The Bertz CT molecular complexity index is 535.